The van der Waals surface area contributed by atoms with E-state index < -0.39 is 5.97 Å². The van der Waals surface area contributed by atoms with E-state index in [1.165, 1.54) is 18.4 Å². The Kier molecular flexibility index (Phi) is 6.56. The van der Waals surface area contributed by atoms with Gasteiger partial charge in [0, 0.05) is 16.0 Å². The van der Waals surface area contributed by atoms with E-state index in [0.29, 0.717) is 26.9 Å². The molecule has 0 aliphatic carbocycles. The summed E-state index contributed by atoms with van der Waals surface area (Å²) in [6.07, 6.45) is 0. The standard InChI is InChI=1S/C22H20ClNO4S/c1-13-4-5-14(2)18(10-13)28-11-19(25)24-21-20(22(26)27-3)17(12-29-21)15-6-8-16(23)9-7-15/h4-10,12H,11H2,1-3H3,(H,24,25). The molecule has 0 bridgehead atoms. The van der Waals surface area contributed by atoms with Crippen LogP contribution < -0.4 is 10.1 Å². The monoisotopic (exact) mass is 429 g/mol. The molecule has 0 unspecified atom stereocenters. The fourth-order valence-electron chi connectivity index (χ4n) is 2.77. The Balaban J connectivity index is 1.79. The Morgan fingerprint density at radius 3 is 2.52 bits per heavy atom. The van der Waals surface area contributed by atoms with E-state index in [1.54, 1.807) is 17.5 Å². The molecule has 0 saturated carbocycles. The van der Waals surface area contributed by atoms with Crippen LogP contribution in [0.5, 0.6) is 5.75 Å². The number of hydrogen-bond acceptors (Lipinski definition) is 5. The third-order valence-electron chi connectivity index (χ3n) is 4.29. The number of amides is 1. The minimum atomic E-state index is -0.526. The van der Waals surface area contributed by atoms with E-state index in [-0.39, 0.29) is 12.5 Å². The molecule has 0 atom stereocenters. The third kappa shape index (κ3) is 4.96. The second-order valence-electron chi connectivity index (χ2n) is 6.46. The summed E-state index contributed by atoms with van der Waals surface area (Å²) in [7, 11) is 1.31. The molecular formula is C22H20ClNO4S. The van der Waals surface area contributed by atoms with Gasteiger partial charge in [0.1, 0.15) is 16.3 Å². The first kappa shape index (κ1) is 20.9. The van der Waals surface area contributed by atoms with Gasteiger partial charge in [0.2, 0.25) is 0 Å². The van der Waals surface area contributed by atoms with Crippen molar-refractivity contribution in [1.82, 2.24) is 0 Å². The zero-order chi connectivity index (χ0) is 21.0. The van der Waals surface area contributed by atoms with Crippen LogP contribution in [0.3, 0.4) is 0 Å². The van der Waals surface area contributed by atoms with E-state index >= 15 is 0 Å². The highest BCUT2D eigenvalue weighted by Crippen LogP contribution is 2.36. The number of anilines is 1. The number of carbonyl (C=O) groups is 2. The molecule has 1 heterocycles. The van der Waals surface area contributed by atoms with E-state index in [4.69, 9.17) is 21.1 Å². The Labute approximate surface area is 178 Å². The lowest BCUT2D eigenvalue weighted by atomic mass is 10.0. The number of ether oxygens (including phenoxy) is 2. The summed E-state index contributed by atoms with van der Waals surface area (Å²) in [4.78, 5) is 24.8. The number of nitrogens with one attached hydrogen (secondary N) is 1. The number of methoxy groups -OCH3 is 1. The highest BCUT2D eigenvalue weighted by atomic mass is 35.5. The molecule has 2 aromatic carbocycles. The van der Waals surface area contributed by atoms with Crippen molar-refractivity contribution < 1.29 is 19.1 Å². The Morgan fingerprint density at radius 1 is 1.10 bits per heavy atom. The van der Waals surface area contributed by atoms with Crippen LogP contribution in [0.15, 0.2) is 47.8 Å². The number of hydrogen-bond donors (Lipinski definition) is 1. The maximum absolute atomic E-state index is 12.4. The van der Waals surface area contributed by atoms with Crippen LogP contribution in [0.25, 0.3) is 11.1 Å². The van der Waals surface area contributed by atoms with Crippen LogP contribution in [0.4, 0.5) is 5.00 Å². The minimum Gasteiger partial charge on any atom is -0.483 e. The quantitative estimate of drug-likeness (QED) is 0.526. The number of rotatable bonds is 6. The summed E-state index contributed by atoms with van der Waals surface area (Å²) in [5, 5.41) is 5.57. The van der Waals surface area contributed by atoms with Gasteiger partial charge in [-0.25, -0.2) is 4.79 Å². The summed E-state index contributed by atoms with van der Waals surface area (Å²) >= 11 is 7.20. The molecule has 150 valence electrons. The summed E-state index contributed by atoms with van der Waals surface area (Å²) in [6.45, 7) is 3.71. The lowest BCUT2D eigenvalue weighted by Gasteiger charge is -2.11. The van der Waals surface area contributed by atoms with E-state index in [9.17, 15) is 9.59 Å². The maximum atomic E-state index is 12.4. The first-order valence-electron chi connectivity index (χ1n) is 8.84. The van der Waals surface area contributed by atoms with Gasteiger partial charge < -0.3 is 14.8 Å². The molecule has 3 rings (SSSR count). The number of halogens is 1. The molecule has 0 aliphatic heterocycles. The van der Waals surface area contributed by atoms with Gasteiger partial charge in [-0.3, -0.25) is 4.79 Å². The van der Waals surface area contributed by atoms with Crippen molar-refractivity contribution in [3.63, 3.8) is 0 Å². The second-order valence-corrected chi connectivity index (χ2v) is 7.77. The summed E-state index contributed by atoms with van der Waals surface area (Å²) in [5.41, 5.74) is 3.77. The van der Waals surface area contributed by atoms with Crippen molar-refractivity contribution in [2.75, 3.05) is 19.0 Å². The summed E-state index contributed by atoms with van der Waals surface area (Å²) < 4.78 is 10.6. The topological polar surface area (TPSA) is 64.6 Å². The summed E-state index contributed by atoms with van der Waals surface area (Å²) in [5.74, 6) is -0.233. The smallest absolute Gasteiger partial charge is 0.341 e. The molecule has 0 radical (unpaired) electrons. The fourth-order valence-corrected chi connectivity index (χ4v) is 3.86. The van der Waals surface area contributed by atoms with Gasteiger partial charge in [0.15, 0.2) is 6.61 Å². The number of benzene rings is 2. The molecule has 5 nitrogen and oxygen atoms in total. The van der Waals surface area contributed by atoms with E-state index in [0.717, 1.165) is 16.7 Å². The lowest BCUT2D eigenvalue weighted by molar-refractivity contribution is -0.118. The number of aryl methyl sites for hydroxylation is 2. The first-order chi connectivity index (χ1) is 13.9. The van der Waals surface area contributed by atoms with Crippen molar-refractivity contribution in [3.05, 3.63) is 69.6 Å². The van der Waals surface area contributed by atoms with E-state index in [1.807, 2.05) is 44.2 Å². The zero-order valence-corrected chi connectivity index (χ0v) is 17.8. The van der Waals surface area contributed by atoms with Crippen LogP contribution in [0, 0.1) is 13.8 Å². The van der Waals surface area contributed by atoms with Gasteiger partial charge in [-0.15, -0.1) is 11.3 Å². The van der Waals surface area contributed by atoms with Crippen LogP contribution in [-0.2, 0) is 9.53 Å². The molecule has 0 fully saturated rings. The fraction of sp³-hybridized carbons (Fsp3) is 0.182. The average Bonchev–Trinajstić information content (AvgIpc) is 3.12. The normalized spacial score (nSPS) is 10.5. The first-order valence-corrected chi connectivity index (χ1v) is 10.1. The van der Waals surface area contributed by atoms with Crippen LogP contribution >= 0.6 is 22.9 Å². The molecule has 0 aliphatic rings. The second kappa shape index (κ2) is 9.11. The molecule has 1 N–H and O–H groups in total. The highest BCUT2D eigenvalue weighted by Gasteiger charge is 2.22. The molecule has 0 spiro atoms. The maximum Gasteiger partial charge on any atom is 0.341 e. The number of thiophene rings is 1. The van der Waals surface area contributed by atoms with Gasteiger partial charge >= 0.3 is 5.97 Å². The molecule has 7 heteroatoms. The average molecular weight is 430 g/mol. The highest BCUT2D eigenvalue weighted by molar-refractivity contribution is 7.15. The van der Waals surface area contributed by atoms with Crippen molar-refractivity contribution >= 4 is 39.8 Å². The van der Waals surface area contributed by atoms with Crippen molar-refractivity contribution in [2.45, 2.75) is 13.8 Å². The van der Waals surface area contributed by atoms with Crippen LogP contribution in [0.2, 0.25) is 5.02 Å². The predicted octanol–water partition coefficient (Wildman–Crippen LogP) is 5.49. The largest absolute Gasteiger partial charge is 0.483 e. The van der Waals surface area contributed by atoms with Gasteiger partial charge in [0.25, 0.3) is 5.91 Å². The van der Waals surface area contributed by atoms with Crippen molar-refractivity contribution in [3.8, 4) is 16.9 Å². The molecule has 3 aromatic rings. The third-order valence-corrected chi connectivity index (χ3v) is 5.44. The van der Waals surface area contributed by atoms with Gasteiger partial charge in [-0.2, -0.15) is 0 Å². The zero-order valence-electron chi connectivity index (χ0n) is 16.2. The number of carbonyl (C=O) groups excluding carboxylic acids is 2. The Morgan fingerprint density at radius 2 is 1.83 bits per heavy atom. The SMILES string of the molecule is COC(=O)c1c(-c2ccc(Cl)cc2)csc1NC(=O)COc1cc(C)ccc1C. The Bertz CT molecular complexity index is 1040. The molecule has 29 heavy (non-hydrogen) atoms. The van der Waals surface area contributed by atoms with Gasteiger partial charge in [-0.1, -0.05) is 35.9 Å². The van der Waals surface area contributed by atoms with E-state index in [2.05, 4.69) is 5.32 Å². The minimum absolute atomic E-state index is 0.168. The van der Waals surface area contributed by atoms with Crippen molar-refractivity contribution in [2.24, 2.45) is 0 Å². The Hall–Kier alpha value is -2.83. The summed E-state index contributed by atoms with van der Waals surface area (Å²) in [6, 6.07) is 12.9. The number of esters is 1. The van der Waals surface area contributed by atoms with Crippen LogP contribution in [0.1, 0.15) is 21.5 Å². The molecular weight excluding hydrogens is 410 g/mol. The van der Waals surface area contributed by atoms with Crippen molar-refractivity contribution in [1.29, 1.82) is 0 Å². The molecule has 0 saturated heterocycles. The van der Waals surface area contributed by atoms with Crippen LogP contribution in [-0.4, -0.2) is 25.6 Å². The lowest BCUT2D eigenvalue weighted by Crippen LogP contribution is -2.21. The van der Waals surface area contributed by atoms with Gasteiger partial charge in [0.05, 0.1) is 7.11 Å². The molecule has 1 aromatic heterocycles. The molecule has 1 amide bonds. The predicted molar refractivity (Wildman–Crippen MR) is 116 cm³/mol. The van der Waals surface area contributed by atoms with Gasteiger partial charge in [-0.05, 0) is 48.7 Å².